The van der Waals surface area contributed by atoms with Gasteiger partial charge in [-0.1, -0.05) is 6.92 Å². The molecule has 1 aliphatic rings. The topological polar surface area (TPSA) is 73.9 Å². The minimum Gasteiger partial charge on any atom is -0.463 e. The van der Waals surface area contributed by atoms with Crippen LogP contribution in [0.15, 0.2) is 0 Å². The summed E-state index contributed by atoms with van der Waals surface area (Å²) in [5.41, 5.74) is -0.332. The van der Waals surface area contributed by atoms with Gasteiger partial charge in [0.25, 0.3) is 0 Å². The molecule has 1 heterocycles. The number of nitrogens with one attached hydrogen (secondary N) is 1. The lowest BCUT2D eigenvalue weighted by Gasteiger charge is -2.30. The van der Waals surface area contributed by atoms with Gasteiger partial charge in [0.05, 0.1) is 18.6 Å². The Balaban J connectivity index is 2.50. The van der Waals surface area contributed by atoms with Crippen molar-refractivity contribution < 1.29 is 23.8 Å². The number of amides is 1. The van der Waals surface area contributed by atoms with E-state index in [1.165, 1.54) is 0 Å². The summed E-state index contributed by atoms with van der Waals surface area (Å²) in [6.45, 7) is 3.16. The largest absolute Gasteiger partial charge is 0.463 e. The average molecular weight is 273 g/mol. The molecule has 0 bridgehead atoms. The molecule has 1 N–H and O–H groups in total. The molecule has 6 nitrogen and oxygen atoms in total. The average Bonchev–Trinajstić information content (AvgIpc) is 2.83. The van der Waals surface area contributed by atoms with E-state index in [0.717, 1.165) is 6.42 Å². The lowest BCUT2D eigenvalue weighted by molar-refractivity contribution is -0.153. The molecule has 1 rings (SSSR count). The zero-order valence-electron chi connectivity index (χ0n) is 11.9. The lowest BCUT2D eigenvalue weighted by Crippen LogP contribution is -2.40. The highest BCUT2D eigenvalue weighted by atomic mass is 16.5. The van der Waals surface area contributed by atoms with Crippen LogP contribution in [0.5, 0.6) is 0 Å². The number of ether oxygens (including phenoxy) is 3. The molecule has 0 radical (unpaired) electrons. The maximum absolute atomic E-state index is 11.8. The molecule has 1 saturated heterocycles. The first-order chi connectivity index (χ1) is 9.06. The molecule has 0 aromatic heterocycles. The van der Waals surface area contributed by atoms with Gasteiger partial charge in [-0.2, -0.15) is 0 Å². The Kier molecular flexibility index (Phi) is 6.24. The summed E-state index contributed by atoms with van der Waals surface area (Å²) in [5.74, 6) is -0.478. The Morgan fingerprint density at radius 1 is 1.32 bits per heavy atom. The predicted molar refractivity (Wildman–Crippen MR) is 68.6 cm³/mol. The van der Waals surface area contributed by atoms with Gasteiger partial charge in [0.2, 0.25) is 5.91 Å². The summed E-state index contributed by atoms with van der Waals surface area (Å²) >= 11 is 0. The summed E-state index contributed by atoms with van der Waals surface area (Å²) < 4.78 is 15.7. The van der Waals surface area contributed by atoms with Crippen molar-refractivity contribution in [2.45, 2.75) is 32.2 Å². The van der Waals surface area contributed by atoms with Crippen LogP contribution in [0.3, 0.4) is 0 Å². The molecular formula is C13H23NO5. The molecule has 0 saturated carbocycles. The third-order valence-corrected chi connectivity index (χ3v) is 3.45. The van der Waals surface area contributed by atoms with Crippen molar-refractivity contribution in [3.8, 4) is 0 Å². The van der Waals surface area contributed by atoms with E-state index >= 15 is 0 Å². The van der Waals surface area contributed by atoms with Gasteiger partial charge in [0, 0.05) is 20.6 Å². The van der Waals surface area contributed by atoms with E-state index in [0.29, 0.717) is 26.1 Å². The molecule has 110 valence electrons. The van der Waals surface area contributed by atoms with E-state index < -0.39 is 6.04 Å². The molecule has 1 unspecified atom stereocenters. The van der Waals surface area contributed by atoms with Crippen LogP contribution in [0.25, 0.3) is 0 Å². The first-order valence-corrected chi connectivity index (χ1v) is 6.51. The van der Waals surface area contributed by atoms with Gasteiger partial charge < -0.3 is 19.5 Å². The van der Waals surface area contributed by atoms with Gasteiger partial charge in [-0.25, -0.2) is 4.79 Å². The number of hydrogen-bond donors (Lipinski definition) is 1. The molecule has 0 aromatic carbocycles. The fraction of sp³-hybridized carbons (Fsp3) is 0.846. The molecule has 6 heteroatoms. The second-order valence-electron chi connectivity index (χ2n) is 4.99. The van der Waals surface area contributed by atoms with Crippen LogP contribution in [-0.2, 0) is 23.8 Å². The zero-order valence-corrected chi connectivity index (χ0v) is 11.9. The maximum atomic E-state index is 11.8. The number of carbonyl (C=O) groups is 2. The molecule has 0 aromatic rings. The van der Waals surface area contributed by atoms with Crippen LogP contribution >= 0.6 is 0 Å². The molecular weight excluding hydrogens is 250 g/mol. The Hall–Kier alpha value is -1.14. The van der Waals surface area contributed by atoms with Crippen LogP contribution in [-0.4, -0.2) is 52.0 Å². The van der Waals surface area contributed by atoms with E-state index in [4.69, 9.17) is 14.2 Å². The van der Waals surface area contributed by atoms with Gasteiger partial charge in [-0.15, -0.1) is 0 Å². The fourth-order valence-corrected chi connectivity index (χ4v) is 2.16. The predicted octanol–water partition coefficient (Wildman–Crippen LogP) is 0.497. The number of rotatable bonds is 8. The SMILES string of the molecule is CCC(COC)(COC)COC(=O)C1CCC(=O)N1. The Bertz CT molecular complexity index is 312. The normalized spacial score (nSPS) is 19.3. The second kappa shape index (κ2) is 7.45. The standard InChI is InChI=1S/C13H23NO5/c1-4-13(7-17-2,8-18-3)9-19-12(16)10-5-6-11(15)14-10/h10H,4-9H2,1-3H3,(H,14,15). The van der Waals surface area contributed by atoms with Gasteiger partial charge in [-0.05, 0) is 12.8 Å². The van der Waals surface area contributed by atoms with Crippen molar-refractivity contribution in [3.63, 3.8) is 0 Å². The summed E-state index contributed by atoms with van der Waals surface area (Å²) in [5, 5.41) is 2.60. The van der Waals surface area contributed by atoms with Crippen LogP contribution in [0.1, 0.15) is 26.2 Å². The van der Waals surface area contributed by atoms with E-state index in [2.05, 4.69) is 5.32 Å². The molecule has 0 aliphatic carbocycles. The fourth-order valence-electron chi connectivity index (χ4n) is 2.16. The summed E-state index contributed by atoms with van der Waals surface area (Å²) in [7, 11) is 3.22. The maximum Gasteiger partial charge on any atom is 0.328 e. The zero-order chi connectivity index (χ0) is 14.3. The number of esters is 1. The number of hydrogen-bond acceptors (Lipinski definition) is 5. The second-order valence-corrected chi connectivity index (χ2v) is 4.99. The molecule has 19 heavy (non-hydrogen) atoms. The summed E-state index contributed by atoms with van der Waals surface area (Å²) in [4.78, 5) is 22.9. The van der Waals surface area contributed by atoms with Crippen LogP contribution in [0, 0.1) is 5.41 Å². The van der Waals surface area contributed by atoms with Crippen molar-refractivity contribution in [1.29, 1.82) is 0 Å². The van der Waals surface area contributed by atoms with E-state index in [9.17, 15) is 9.59 Å². The minimum absolute atomic E-state index is 0.0995. The third kappa shape index (κ3) is 4.47. The molecule has 1 fully saturated rings. The van der Waals surface area contributed by atoms with Crippen molar-refractivity contribution in [2.24, 2.45) is 5.41 Å². The summed E-state index contributed by atoms with van der Waals surface area (Å²) in [6, 6.07) is -0.507. The Morgan fingerprint density at radius 3 is 2.37 bits per heavy atom. The minimum atomic E-state index is -0.507. The van der Waals surface area contributed by atoms with Crippen molar-refractivity contribution in [3.05, 3.63) is 0 Å². The molecule has 1 aliphatic heterocycles. The molecule has 1 atom stereocenters. The first kappa shape index (κ1) is 15.9. The highest BCUT2D eigenvalue weighted by molar-refractivity contribution is 5.88. The summed E-state index contributed by atoms with van der Waals surface area (Å²) in [6.07, 6.45) is 1.67. The third-order valence-electron chi connectivity index (χ3n) is 3.45. The lowest BCUT2D eigenvalue weighted by atomic mass is 9.88. The number of carbonyl (C=O) groups excluding carboxylic acids is 2. The Morgan fingerprint density at radius 2 is 1.95 bits per heavy atom. The number of methoxy groups -OCH3 is 2. The van der Waals surface area contributed by atoms with Crippen molar-refractivity contribution >= 4 is 11.9 Å². The Labute approximate surface area is 113 Å². The van der Waals surface area contributed by atoms with Crippen LogP contribution < -0.4 is 5.32 Å². The van der Waals surface area contributed by atoms with Gasteiger partial charge in [-0.3, -0.25) is 4.79 Å². The molecule has 0 spiro atoms. The molecule has 1 amide bonds. The highest BCUT2D eigenvalue weighted by Crippen LogP contribution is 2.24. The van der Waals surface area contributed by atoms with Crippen molar-refractivity contribution in [1.82, 2.24) is 5.32 Å². The smallest absolute Gasteiger partial charge is 0.328 e. The quantitative estimate of drug-likeness (QED) is 0.652. The van der Waals surface area contributed by atoms with E-state index in [-0.39, 0.29) is 23.9 Å². The first-order valence-electron chi connectivity index (χ1n) is 6.51. The monoisotopic (exact) mass is 273 g/mol. The van der Waals surface area contributed by atoms with Crippen molar-refractivity contribution in [2.75, 3.05) is 34.0 Å². The van der Waals surface area contributed by atoms with Gasteiger partial charge >= 0.3 is 5.97 Å². The van der Waals surface area contributed by atoms with Gasteiger partial charge in [0.1, 0.15) is 12.6 Å². The van der Waals surface area contributed by atoms with Gasteiger partial charge in [0.15, 0.2) is 0 Å². The highest BCUT2D eigenvalue weighted by Gasteiger charge is 2.33. The van der Waals surface area contributed by atoms with Crippen LogP contribution in [0.4, 0.5) is 0 Å². The van der Waals surface area contributed by atoms with E-state index in [1.54, 1.807) is 14.2 Å². The van der Waals surface area contributed by atoms with Crippen LogP contribution in [0.2, 0.25) is 0 Å². The van der Waals surface area contributed by atoms with E-state index in [1.807, 2.05) is 6.92 Å².